The molecule has 9 heteroatoms. The van der Waals surface area contributed by atoms with Crippen molar-refractivity contribution in [2.45, 2.75) is 32.1 Å². The first-order valence-electron chi connectivity index (χ1n) is 8.94. The summed E-state index contributed by atoms with van der Waals surface area (Å²) in [6.45, 7) is 0.0687. The largest absolute Gasteiger partial charge is 0.480 e. The number of carbonyl (C=O) groups is 3. The smallest absolute Gasteiger partial charge is 0.341 e. The zero-order valence-corrected chi connectivity index (χ0v) is 19.5. The summed E-state index contributed by atoms with van der Waals surface area (Å²) >= 11 is 6.40. The summed E-state index contributed by atoms with van der Waals surface area (Å²) in [6.07, 6.45) is 7.41. The molecule has 0 spiro atoms. The van der Waals surface area contributed by atoms with Gasteiger partial charge in [0.2, 0.25) is 0 Å². The lowest BCUT2D eigenvalue weighted by molar-refractivity contribution is -0.139. The number of hydrogen-bond acceptors (Lipinski definition) is 5. The molecule has 0 radical (unpaired) electrons. The van der Waals surface area contributed by atoms with Crippen LogP contribution in [0.3, 0.4) is 0 Å². The number of imide groups is 1. The van der Waals surface area contributed by atoms with Gasteiger partial charge in [-0.1, -0.05) is 19.3 Å². The second-order valence-electron chi connectivity index (χ2n) is 6.79. The molecule has 0 unspecified atom stereocenters. The molecule has 3 rings (SSSR count). The summed E-state index contributed by atoms with van der Waals surface area (Å²) in [5, 5.41) is 8.56. The Kier molecular flexibility index (Phi) is 7.43. The van der Waals surface area contributed by atoms with Crippen molar-refractivity contribution in [1.82, 2.24) is 4.90 Å². The van der Waals surface area contributed by atoms with E-state index in [2.05, 4.69) is 15.9 Å². The molecule has 28 heavy (non-hydrogen) atoms. The number of benzene rings is 1. The first kappa shape index (κ1) is 21.6. The monoisotopic (exact) mass is 579 g/mol. The highest BCUT2D eigenvalue weighted by atomic mass is 127. The van der Waals surface area contributed by atoms with E-state index in [-0.39, 0.29) is 11.1 Å². The third-order valence-electron chi connectivity index (χ3n) is 4.70. The lowest BCUT2D eigenvalue weighted by atomic mass is 9.89. The lowest BCUT2D eigenvalue weighted by Gasteiger charge is -2.25. The summed E-state index contributed by atoms with van der Waals surface area (Å²) in [7, 11) is 0. The number of rotatable bonds is 6. The van der Waals surface area contributed by atoms with Gasteiger partial charge in [0.05, 0.1) is 12.9 Å². The van der Waals surface area contributed by atoms with Crippen LogP contribution in [0.25, 0.3) is 6.08 Å². The van der Waals surface area contributed by atoms with Crippen molar-refractivity contribution >= 4 is 73.5 Å². The molecule has 2 aliphatic rings. The van der Waals surface area contributed by atoms with Crippen molar-refractivity contribution in [3.8, 4) is 5.75 Å². The van der Waals surface area contributed by atoms with Gasteiger partial charge in [0.25, 0.3) is 11.1 Å². The molecule has 0 atom stereocenters. The first-order valence-corrected chi connectivity index (χ1v) is 11.6. The molecule has 6 nitrogen and oxygen atoms in total. The van der Waals surface area contributed by atoms with E-state index in [4.69, 9.17) is 9.84 Å². The summed E-state index contributed by atoms with van der Waals surface area (Å²) in [5.41, 5.74) is 0.738. The molecule has 0 aromatic heterocycles. The Balaban J connectivity index is 1.75. The van der Waals surface area contributed by atoms with Gasteiger partial charge >= 0.3 is 5.97 Å². The van der Waals surface area contributed by atoms with Crippen molar-refractivity contribution in [3.63, 3.8) is 0 Å². The van der Waals surface area contributed by atoms with E-state index in [1.807, 2.05) is 22.6 Å². The number of carboxylic acids is 1. The average molecular weight is 580 g/mol. The minimum Gasteiger partial charge on any atom is -0.480 e. The van der Waals surface area contributed by atoms with Gasteiger partial charge in [0, 0.05) is 6.54 Å². The molecule has 1 aromatic rings. The molecule has 1 aliphatic carbocycles. The third-order valence-corrected chi connectivity index (χ3v) is 7.00. The maximum atomic E-state index is 12.7. The minimum absolute atomic E-state index is 0.211. The first-order chi connectivity index (χ1) is 13.3. The van der Waals surface area contributed by atoms with Crippen LogP contribution in [0, 0.1) is 9.49 Å². The van der Waals surface area contributed by atoms with Crippen LogP contribution in [0.5, 0.6) is 5.75 Å². The van der Waals surface area contributed by atoms with Crippen molar-refractivity contribution < 1.29 is 24.2 Å². The molecular weight excluding hydrogens is 561 g/mol. The second kappa shape index (κ2) is 9.62. The van der Waals surface area contributed by atoms with Gasteiger partial charge in [-0.25, -0.2) is 4.79 Å². The predicted molar refractivity (Wildman–Crippen MR) is 119 cm³/mol. The van der Waals surface area contributed by atoms with Crippen molar-refractivity contribution in [2.24, 2.45) is 5.92 Å². The molecule has 1 aliphatic heterocycles. The Labute approximate surface area is 189 Å². The molecule has 1 N–H and O–H groups in total. The number of hydrogen-bond donors (Lipinski definition) is 1. The zero-order chi connectivity index (χ0) is 20.3. The average Bonchev–Trinajstić information content (AvgIpc) is 2.89. The van der Waals surface area contributed by atoms with Gasteiger partial charge in [0.15, 0.2) is 6.61 Å². The Hall–Kier alpha value is -1.07. The number of nitrogens with zero attached hydrogens (tertiary/aromatic N) is 1. The Morgan fingerprint density at radius 3 is 2.68 bits per heavy atom. The number of carbonyl (C=O) groups excluding carboxylic acids is 2. The summed E-state index contributed by atoms with van der Waals surface area (Å²) in [6, 6.07) is 3.53. The molecule has 2 amide bonds. The standard InChI is InChI=1S/C19H19BrINO5S/c20-13-6-12(7-14(21)17(13)27-10-16(23)24)8-15-18(25)22(19(26)28-15)9-11-4-2-1-3-5-11/h6-8,11H,1-5,9-10H2,(H,23,24)/b15-8+. The van der Waals surface area contributed by atoms with E-state index >= 15 is 0 Å². The van der Waals surface area contributed by atoms with E-state index in [1.54, 1.807) is 18.2 Å². The molecule has 1 saturated heterocycles. The number of ether oxygens (including phenoxy) is 1. The van der Waals surface area contributed by atoms with Crippen LogP contribution in [0.1, 0.15) is 37.7 Å². The summed E-state index contributed by atoms with van der Waals surface area (Å²) in [5.74, 6) is -0.454. The fourth-order valence-corrected chi connectivity index (χ4v) is 5.99. The van der Waals surface area contributed by atoms with Crippen LogP contribution in [-0.2, 0) is 9.59 Å². The number of carboxylic acid groups (broad SMARTS) is 1. The van der Waals surface area contributed by atoms with E-state index in [1.165, 1.54) is 24.2 Å². The fourth-order valence-electron chi connectivity index (χ4n) is 3.37. The van der Waals surface area contributed by atoms with E-state index in [9.17, 15) is 14.4 Å². The van der Waals surface area contributed by atoms with Crippen molar-refractivity contribution in [3.05, 3.63) is 30.6 Å². The summed E-state index contributed by atoms with van der Waals surface area (Å²) in [4.78, 5) is 37.5. The normalized spacial score (nSPS) is 19.5. The molecule has 2 fully saturated rings. The molecular formula is C19H19BrINO5S. The van der Waals surface area contributed by atoms with Gasteiger partial charge in [-0.15, -0.1) is 0 Å². The maximum Gasteiger partial charge on any atom is 0.341 e. The second-order valence-corrected chi connectivity index (χ2v) is 9.80. The Morgan fingerprint density at radius 2 is 2.04 bits per heavy atom. The highest BCUT2D eigenvalue weighted by Crippen LogP contribution is 2.37. The van der Waals surface area contributed by atoms with Crippen LogP contribution in [0.4, 0.5) is 4.79 Å². The lowest BCUT2D eigenvalue weighted by Crippen LogP contribution is -2.34. The van der Waals surface area contributed by atoms with Crippen molar-refractivity contribution in [1.29, 1.82) is 0 Å². The van der Waals surface area contributed by atoms with Gasteiger partial charge in [-0.05, 0) is 92.8 Å². The third kappa shape index (κ3) is 5.29. The number of amides is 2. The summed E-state index contributed by atoms with van der Waals surface area (Å²) < 4.78 is 6.58. The van der Waals surface area contributed by atoms with Gasteiger partial charge < -0.3 is 9.84 Å². The van der Waals surface area contributed by atoms with E-state index in [0.717, 1.165) is 30.2 Å². The maximum absolute atomic E-state index is 12.7. The predicted octanol–water partition coefficient (Wildman–Crippen LogP) is 5.13. The number of thioether (sulfide) groups is 1. The Bertz CT molecular complexity index is 815. The minimum atomic E-state index is -1.06. The number of halogens is 2. The number of aliphatic carboxylic acids is 1. The quantitative estimate of drug-likeness (QED) is 0.371. The molecule has 1 aromatic carbocycles. The topological polar surface area (TPSA) is 83.9 Å². The Morgan fingerprint density at radius 1 is 1.32 bits per heavy atom. The van der Waals surface area contributed by atoms with Crippen LogP contribution >= 0.6 is 50.3 Å². The highest BCUT2D eigenvalue weighted by molar-refractivity contribution is 14.1. The van der Waals surface area contributed by atoms with Crippen molar-refractivity contribution in [2.75, 3.05) is 13.2 Å². The molecule has 0 bridgehead atoms. The highest BCUT2D eigenvalue weighted by Gasteiger charge is 2.36. The van der Waals surface area contributed by atoms with Gasteiger partial charge in [-0.2, -0.15) is 0 Å². The van der Waals surface area contributed by atoms with Crippen LogP contribution < -0.4 is 4.74 Å². The van der Waals surface area contributed by atoms with Crippen LogP contribution in [-0.4, -0.2) is 40.3 Å². The van der Waals surface area contributed by atoms with E-state index < -0.39 is 12.6 Å². The van der Waals surface area contributed by atoms with Gasteiger partial charge in [0.1, 0.15) is 5.75 Å². The van der Waals surface area contributed by atoms with Crippen LogP contribution in [0.15, 0.2) is 21.5 Å². The fraction of sp³-hybridized carbons (Fsp3) is 0.421. The zero-order valence-electron chi connectivity index (χ0n) is 15.0. The van der Waals surface area contributed by atoms with Gasteiger partial charge in [-0.3, -0.25) is 14.5 Å². The molecule has 1 saturated carbocycles. The van der Waals surface area contributed by atoms with Crippen LogP contribution in [0.2, 0.25) is 0 Å². The van der Waals surface area contributed by atoms with E-state index in [0.29, 0.717) is 31.2 Å². The molecule has 150 valence electrons. The SMILES string of the molecule is O=C(O)COc1c(Br)cc(/C=C2/SC(=O)N(CC3CCCCC3)C2=O)cc1I. The molecule has 1 heterocycles.